The normalized spacial score (nSPS) is 13.0. The van der Waals surface area contributed by atoms with E-state index in [-0.39, 0.29) is 10.6 Å². The molecule has 3 rings (SSSR count). The first-order valence-electron chi connectivity index (χ1n) is 8.57. The number of hydrogen-bond acceptors (Lipinski definition) is 4. The van der Waals surface area contributed by atoms with Gasteiger partial charge < -0.3 is 0 Å². The lowest BCUT2D eigenvalue weighted by Crippen LogP contribution is -2.29. The van der Waals surface area contributed by atoms with Crippen LogP contribution in [0.1, 0.15) is 22.7 Å². The number of non-ortho nitro benzene ring substituents is 1. The quantitative estimate of drug-likeness (QED) is 0.449. The summed E-state index contributed by atoms with van der Waals surface area (Å²) >= 11 is 0. The van der Waals surface area contributed by atoms with Crippen molar-refractivity contribution in [3.05, 3.63) is 106 Å². The van der Waals surface area contributed by atoms with E-state index in [2.05, 4.69) is 4.72 Å². The van der Waals surface area contributed by atoms with Gasteiger partial charge in [0.05, 0.1) is 21.4 Å². The lowest BCUT2D eigenvalue weighted by Gasteiger charge is -2.20. The molecule has 1 atom stereocenters. The second kappa shape index (κ2) is 8.25. The van der Waals surface area contributed by atoms with Gasteiger partial charge in [0, 0.05) is 12.1 Å². The van der Waals surface area contributed by atoms with E-state index in [1.165, 1.54) is 12.1 Å². The van der Waals surface area contributed by atoms with Gasteiger partial charge in [-0.05, 0) is 35.4 Å². The van der Waals surface area contributed by atoms with E-state index in [0.29, 0.717) is 11.1 Å². The number of nitrogens with zero attached hydrogens (tertiary/aromatic N) is 1. The van der Waals surface area contributed by atoms with Gasteiger partial charge in [-0.3, -0.25) is 10.1 Å². The summed E-state index contributed by atoms with van der Waals surface area (Å²) in [7, 11) is -4.13. The molecule has 10 heteroatoms. The van der Waals surface area contributed by atoms with Crippen molar-refractivity contribution in [2.75, 3.05) is 0 Å². The number of nitrogens with one attached hydrogen (secondary N) is 1. The molecule has 0 heterocycles. The number of benzene rings is 3. The van der Waals surface area contributed by atoms with Gasteiger partial charge in [-0.1, -0.05) is 42.5 Å². The Bertz CT molecular complexity index is 1130. The highest BCUT2D eigenvalue weighted by Gasteiger charge is 2.31. The average Bonchev–Trinajstić information content (AvgIpc) is 2.72. The molecule has 0 unspecified atom stereocenters. The highest BCUT2D eigenvalue weighted by Crippen LogP contribution is 2.31. The van der Waals surface area contributed by atoms with Crippen LogP contribution < -0.4 is 4.72 Å². The summed E-state index contributed by atoms with van der Waals surface area (Å²) in [5, 5.41) is 10.8. The van der Waals surface area contributed by atoms with E-state index in [0.717, 1.165) is 36.4 Å². The van der Waals surface area contributed by atoms with Crippen molar-refractivity contribution in [3.8, 4) is 0 Å². The first-order valence-corrected chi connectivity index (χ1v) is 10.0. The molecule has 0 saturated carbocycles. The third-order valence-electron chi connectivity index (χ3n) is 4.34. The van der Waals surface area contributed by atoms with Gasteiger partial charge in [0.2, 0.25) is 10.0 Å². The van der Waals surface area contributed by atoms with Crippen LogP contribution in [0.4, 0.5) is 18.9 Å². The van der Waals surface area contributed by atoms with Gasteiger partial charge in [-0.2, -0.15) is 17.9 Å². The molecule has 156 valence electrons. The van der Waals surface area contributed by atoms with E-state index in [9.17, 15) is 31.7 Å². The summed E-state index contributed by atoms with van der Waals surface area (Å²) in [5.74, 6) is 0. The summed E-state index contributed by atoms with van der Waals surface area (Å²) in [6, 6.07) is 15.9. The van der Waals surface area contributed by atoms with E-state index in [1.807, 2.05) is 0 Å². The van der Waals surface area contributed by atoms with E-state index < -0.39 is 32.7 Å². The molecule has 3 aromatic rings. The zero-order chi connectivity index (χ0) is 21.9. The topological polar surface area (TPSA) is 89.3 Å². The highest BCUT2D eigenvalue weighted by atomic mass is 32.2. The van der Waals surface area contributed by atoms with Crippen LogP contribution in [0.5, 0.6) is 0 Å². The van der Waals surface area contributed by atoms with Gasteiger partial charge in [0.15, 0.2) is 0 Å². The molecular weight excluding hydrogens is 421 g/mol. The van der Waals surface area contributed by atoms with Crippen LogP contribution in [0.3, 0.4) is 0 Å². The molecule has 0 amide bonds. The summed E-state index contributed by atoms with van der Waals surface area (Å²) in [5.41, 5.74) is -0.296. The Labute approximate surface area is 170 Å². The molecule has 0 fully saturated rings. The van der Waals surface area contributed by atoms with E-state index in [4.69, 9.17) is 0 Å². The molecule has 30 heavy (non-hydrogen) atoms. The second-order valence-electron chi connectivity index (χ2n) is 6.34. The van der Waals surface area contributed by atoms with Crippen LogP contribution in [-0.2, 0) is 16.2 Å². The third kappa shape index (κ3) is 4.84. The van der Waals surface area contributed by atoms with Crippen LogP contribution in [0.15, 0.2) is 83.8 Å². The molecule has 0 aromatic heterocycles. The summed E-state index contributed by atoms with van der Waals surface area (Å²) in [6.45, 7) is 0. The molecule has 0 saturated heterocycles. The molecule has 0 aliphatic heterocycles. The summed E-state index contributed by atoms with van der Waals surface area (Å²) in [4.78, 5) is 9.91. The Morgan fingerprint density at radius 3 is 1.87 bits per heavy atom. The lowest BCUT2D eigenvalue weighted by atomic mass is 9.98. The monoisotopic (exact) mass is 436 g/mol. The predicted molar refractivity (Wildman–Crippen MR) is 103 cm³/mol. The fraction of sp³-hybridized carbons (Fsp3) is 0.100. The second-order valence-corrected chi connectivity index (χ2v) is 8.05. The molecule has 0 bridgehead atoms. The van der Waals surface area contributed by atoms with Gasteiger partial charge >= 0.3 is 6.18 Å². The van der Waals surface area contributed by atoms with Crippen molar-refractivity contribution in [1.29, 1.82) is 0 Å². The van der Waals surface area contributed by atoms with Gasteiger partial charge in [0.1, 0.15) is 0 Å². The minimum absolute atomic E-state index is 0.207. The Morgan fingerprint density at radius 2 is 1.37 bits per heavy atom. The zero-order valence-corrected chi connectivity index (χ0v) is 16.0. The standard InChI is InChI=1S/C20H15F3N2O4S/c21-20(22,23)16-8-6-15(7-9-16)19(14-4-2-1-3-5-14)24-30(28,29)18-12-10-17(11-13-18)25(26)27/h1-13,19,24H/t19-/m1/s1. The number of sulfonamides is 1. The van der Waals surface area contributed by atoms with Gasteiger partial charge in [0.25, 0.3) is 5.69 Å². The molecule has 0 radical (unpaired) electrons. The fourth-order valence-corrected chi connectivity index (χ4v) is 4.02. The lowest BCUT2D eigenvalue weighted by molar-refractivity contribution is -0.384. The fourth-order valence-electron chi connectivity index (χ4n) is 2.81. The summed E-state index contributed by atoms with van der Waals surface area (Å²) in [6.07, 6.45) is -4.51. The van der Waals surface area contributed by atoms with Crippen LogP contribution in [0.25, 0.3) is 0 Å². The van der Waals surface area contributed by atoms with Crippen molar-refractivity contribution >= 4 is 15.7 Å². The van der Waals surface area contributed by atoms with Crippen LogP contribution in [0, 0.1) is 10.1 Å². The third-order valence-corrected chi connectivity index (χ3v) is 5.77. The maximum atomic E-state index is 12.9. The van der Waals surface area contributed by atoms with Crippen LogP contribution >= 0.6 is 0 Å². The number of rotatable bonds is 6. The smallest absolute Gasteiger partial charge is 0.258 e. The SMILES string of the molecule is O=[N+]([O-])c1ccc(S(=O)(=O)N[C@H](c2ccccc2)c2ccc(C(F)(F)F)cc2)cc1. The van der Waals surface area contributed by atoms with Crippen LogP contribution in [0.2, 0.25) is 0 Å². The molecule has 1 N–H and O–H groups in total. The maximum Gasteiger partial charge on any atom is 0.416 e. The number of alkyl halides is 3. The first-order chi connectivity index (χ1) is 14.1. The Morgan fingerprint density at radius 1 is 0.833 bits per heavy atom. The number of nitro groups is 1. The minimum Gasteiger partial charge on any atom is -0.258 e. The van der Waals surface area contributed by atoms with Gasteiger partial charge in [-0.15, -0.1) is 0 Å². The Balaban J connectivity index is 1.98. The molecule has 0 aliphatic rings. The van der Waals surface area contributed by atoms with Crippen LogP contribution in [-0.4, -0.2) is 13.3 Å². The number of halogens is 3. The first kappa shape index (κ1) is 21.5. The molecule has 3 aromatic carbocycles. The summed E-state index contributed by atoms with van der Waals surface area (Å²) < 4.78 is 66.7. The Hall–Kier alpha value is -3.24. The maximum absolute atomic E-state index is 12.9. The van der Waals surface area contributed by atoms with E-state index in [1.54, 1.807) is 30.3 Å². The molecule has 0 aliphatic carbocycles. The van der Waals surface area contributed by atoms with Crippen molar-refractivity contribution in [3.63, 3.8) is 0 Å². The molecule has 6 nitrogen and oxygen atoms in total. The number of hydrogen-bond donors (Lipinski definition) is 1. The van der Waals surface area contributed by atoms with Gasteiger partial charge in [-0.25, -0.2) is 8.42 Å². The van der Waals surface area contributed by atoms with Crippen molar-refractivity contribution < 1.29 is 26.5 Å². The molecular formula is C20H15F3N2O4S. The van der Waals surface area contributed by atoms with Crippen molar-refractivity contribution in [2.45, 2.75) is 17.1 Å². The average molecular weight is 436 g/mol. The largest absolute Gasteiger partial charge is 0.416 e. The number of nitro benzene ring substituents is 1. The Kier molecular flexibility index (Phi) is 5.90. The minimum atomic E-state index is -4.51. The predicted octanol–water partition coefficient (Wildman–Crippen LogP) is 4.68. The highest BCUT2D eigenvalue weighted by molar-refractivity contribution is 7.89. The van der Waals surface area contributed by atoms with E-state index >= 15 is 0 Å². The van der Waals surface area contributed by atoms with Crippen molar-refractivity contribution in [2.24, 2.45) is 0 Å². The molecule has 0 spiro atoms. The zero-order valence-electron chi connectivity index (χ0n) is 15.2. The van der Waals surface area contributed by atoms with Crippen molar-refractivity contribution in [1.82, 2.24) is 4.72 Å².